The maximum Gasteiger partial charge on any atom is 0.232 e. The largest absolute Gasteiger partial charge is 0.341 e. The van der Waals surface area contributed by atoms with Crippen molar-refractivity contribution in [3.8, 4) is 11.8 Å². The average molecular weight is 431 g/mol. The quantitative estimate of drug-likeness (QED) is 0.677. The molecule has 1 aromatic carbocycles. The molecular weight excluding hydrogens is 408 g/mol. The Hall–Kier alpha value is -2.24. The molecule has 1 saturated carbocycles. The molecule has 0 spiro atoms. The van der Waals surface area contributed by atoms with Gasteiger partial charge in [0, 0.05) is 13.1 Å². The second-order valence-electron chi connectivity index (χ2n) is 7.69. The van der Waals surface area contributed by atoms with Gasteiger partial charge in [0.25, 0.3) is 0 Å². The van der Waals surface area contributed by atoms with Crippen LogP contribution in [0.5, 0.6) is 0 Å². The van der Waals surface area contributed by atoms with E-state index in [4.69, 9.17) is 11.6 Å². The molecule has 4 rings (SSSR count). The fraction of sp³-hybridized carbons (Fsp3) is 0.500. The van der Waals surface area contributed by atoms with Crippen LogP contribution in [-0.2, 0) is 4.79 Å². The zero-order valence-electron chi connectivity index (χ0n) is 16.3. The number of carbonyl (C=O) groups excluding carboxylic acids is 1. The first kappa shape index (κ1) is 20.0. The highest BCUT2D eigenvalue weighted by molar-refractivity contribution is 7.99. The molecule has 0 bridgehead atoms. The van der Waals surface area contributed by atoms with Crippen LogP contribution in [-0.4, -0.2) is 45.1 Å². The Morgan fingerprint density at radius 1 is 1.34 bits per heavy atom. The minimum atomic E-state index is -0.797. The summed E-state index contributed by atoms with van der Waals surface area (Å²) >= 11 is 7.76. The molecule has 2 heterocycles. The van der Waals surface area contributed by atoms with Crippen molar-refractivity contribution >= 4 is 35.2 Å². The van der Waals surface area contributed by atoms with Gasteiger partial charge in [-0.2, -0.15) is 5.26 Å². The molecule has 1 aliphatic carbocycles. The van der Waals surface area contributed by atoms with Crippen LogP contribution >= 0.6 is 23.4 Å². The summed E-state index contributed by atoms with van der Waals surface area (Å²) in [5.74, 6) is 0.975. The van der Waals surface area contributed by atoms with Crippen LogP contribution in [0.1, 0.15) is 32.6 Å². The topological polar surface area (TPSA) is 86.8 Å². The summed E-state index contributed by atoms with van der Waals surface area (Å²) in [7, 11) is 0. The Morgan fingerprint density at radius 2 is 2.07 bits per heavy atom. The van der Waals surface area contributed by atoms with Gasteiger partial charge in [-0.3, -0.25) is 9.36 Å². The first-order valence-electron chi connectivity index (χ1n) is 9.82. The highest BCUT2D eigenvalue weighted by Gasteiger charge is 2.43. The zero-order chi connectivity index (χ0) is 20.4. The van der Waals surface area contributed by atoms with Gasteiger partial charge in [-0.15, -0.1) is 10.2 Å². The third kappa shape index (κ3) is 4.21. The smallest absolute Gasteiger partial charge is 0.232 e. The van der Waals surface area contributed by atoms with Crippen molar-refractivity contribution in [3.05, 3.63) is 29.3 Å². The highest BCUT2D eigenvalue weighted by Crippen LogP contribution is 2.39. The van der Waals surface area contributed by atoms with E-state index < -0.39 is 5.54 Å². The molecule has 0 radical (unpaired) electrons. The molecule has 152 valence electrons. The van der Waals surface area contributed by atoms with Gasteiger partial charge in [0.1, 0.15) is 5.54 Å². The molecule has 29 heavy (non-hydrogen) atoms. The minimum Gasteiger partial charge on any atom is -0.341 e. The summed E-state index contributed by atoms with van der Waals surface area (Å²) in [5.41, 5.74) is -0.00166. The highest BCUT2D eigenvalue weighted by atomic mass is 35.5. The molecule has 1 aromatic heterocycles. The summed E-state index contributed by atoms with van der Waals surface area (Å²) in [6, 6.07) is 9.82. The fourth-order valence-electron chi connectivity index (χ4n) is 3.66. The Balaban J connectivity index is 1.55. The summed E-state index contributed by atoms with van der Waals surface area (Å²) in [6.07, 6.45) is 4.21. The normalized spacial score (nSPS) is 18.3. The Bertz CT molecular complexity index is 947. The predicted octanol–water partition coefficient (Wildman–Crippen LogP) is 3.42. The van der Waals surface area contributed by atoms with Gasteiger partial charge in [0.05, 0.1) is 22.5 Å². The number of amides is 1. The van der Waals surface area contributed by atoms with E-state index in [0.717, 1.165) is 50.4 Å². The van der Waals surface area contributed by atoms with Crippen LogP contribution in [0.3, 0.4) is 0 Å². The second-order valence-corrected chi connectivity index (χ2v) is 9.04. The number of carbonyl (C=O) groups is 1. The lowest BCUT2D eigenvalue weighted by atomic mass is 9.98. The number of nitrogens with zero attached hydrogens (tertiary/aromatic N) is 5. The van der Waals surface area contributed by atoms with Crippen molar-refractivity contribution < 1.29 is 4.79 Å². The van der Waals surface area contributed by atoms with Gasteiger partial charge >= 0.3 is 0 Å². The standard InChI is InChI=1S/C20H23ClN6OS/c1-20(13-22,14-8-9-14)23-17(28)12-29-19-25-24-18(26-10-4-5-11-26)27(19)16-7-3-2-6-15(16)21/h2-3,6-7,14H,4-5,8-12H2,1H3,(H,23,28). The van der Waals surface area contributed by atoms with E-state index in [-0.39, 0.29) is 17.6 Å². The number of nitriles is 1. The number of thioether (sulfide) groups is 1. The van der Waals surface area contributed by atoms with E-state index in [0.29, 0.717) is 10.2 Å². The number of hydrogen-bond donors (Lipinski definition) is 1. The van der Waals surface area contributed by atoms with Gasteiger partial charge in [-0.25, -0.2) is 0 Å². The fourth-order valence-corrected chi connectivity index (χ4v) is 4.62. The maximum absolute atomic E-state index is 12.5. The number of para-hydroxylation sites is 1. The molecule has 2 fully saturated rings. The zero-order valence-corrected chi connectivity index (χ0v) is 17.8. The molecule has 1 amide bonds. The number of benzene rings is 1. The SMILES string of the molecule is CC(C#N)(NC(=O)CSc1nnc(N2CCCC2)n1-c1ccccc1Cl)C1CC1. The molecular formula is C20H23ClN6OS. The number of rotatable bonds is 7. The van der Waals surface area contributed by atoms with E-state index in [1.165, 1.54) is 11.8 Å². The minimum absolute atomic E-state index is 0.159. The van der Waals surface area contributed by atoms with E-state index in [1.54, 1.807) is 6.92 Å². The molecule has 1 aliphatic heterocycles. The van der Waals surface area contributed by atoms with Gasteiger partial charge in [-0.1, -0.05) is 35.5 Å². The summed E-state index contributed by atoms with van der Waals surface area (Å²) in [6.45, 7) is 3.65. The Labute approximate surface area is 179 Å². The molecule has 1 saturated heterocycles. The van der Waals surface area contributed by atoms with E-state index >= 15 is 0 Å². The Morgan fingerprint density at radius 3 is 2.72 bits per heavy atom. The van der Waals surface area contributed by atoms with Crippen molar-refractivity contribution in [1.29, 1.82) is 5.26 Å². The van der Waals surface area contributed by atoms with E-state index in [1.807, 2.05) is 28.8 Å². The summed E-state index contributed by atoms with van der Waals surface area (Å²) in [4.78, 5) is 14.7. The third-order valence-corrected chi connectivity index (χ3v) is 6.70. The lowest BCUT2D eigenvalue weighted by molar-refractivity contribution is -0.119. The number of anilines is 1. The van der Waals surface area contributed by atoms with Crippen molar-refractivity contribution in [3.63, 3.8) is 0 Å². The van der Waals surface area contributed by atoms with E-state index in [2.05, 4.69) is 26.5 Å². The summed E-state index contributed by atoms with van der Waals surface area (Å²) < 4.78 is 1.93. The molecule has 9 heteroatoms. The number of halogens is 1. The average Bonchev–Trinajstić information content (AvgIpc) is 3.29. The van der Waals surface area contributed by atoms with Gasteiger partial charge in [0.15, 0.2) is 5.16 Å². The molecule has 2 aliphatic rings. The Kier molecular flexibility index (Phi) is 5.70. The van der Waals surface area contributed by atoms with Gasteiger partial charge in [-0.05, 0) is 50.7 Å². The molecule has 7 nitrogen and oxygen atoms in total. The monoisotopic (exact) mass is 430 g/mol. The van der Waals surface area contributed by atoms with Crippen LogP contribution in [0.15, 0.2) is 29.4 Å². The number of hydrogen-bond acceptors (Lipinski definition) is 6. The first-order valence-corrected chi connectivity index (χ1v) is 11.2. The number of aromatic nitrogens is 3. The van der Waals surface area contributed by atoms with Crippen LogP contribution in [0, 0.1) is 17.2 Å². The van der Waals surface area contributed by atoms with Crippen molar-refractivity contribution in [2.75, 3.05) is 23.7 Å². The lowest BCUT2D eigenvalue weighted by Gasteiger charge is -2.22. The van der Waals surface area contributed by atoms with Crippen LogP contribution in [0.2, 0.25) is 5.02 Å². The van der Waals surface area contributed by atoms with Gasteiger partial charge < -0.3 is 10.2 Å². The molecule has 1 atom stereocenters. The third-order valence-electron chi connectivity index (χ3n) is 5.46. The first-order chi connectivity index (χ1) is 14.0. The maximum atomic E-state index is 12.5. The summed E-state index contributed by atoms with van der Waals surface area (Å²) in [5, 5.41) is 22.3. The van der Waals surface area contributed by atoms with Crippen LogP contribution < -0.4 is 10.2 Å². The van der Waals surface area contributed by atoms with Gasteiger partial charge in [0.2, 0.25) is 11.9 Å². The second kappa shape index (κ2) is 8.25. The van der Waals surface area contributed by atoms with Crippen LogP contribution in [0.25, 0.3) is 5.69 Å². The predicted molar refractivity (Wildman–Crippen MR) is 113 cm³/mol. The molecule has 1 unspecified atom stereocenters. The van der Waals surface area contributed by atoms with E-state index in [9.17, 15) is 10.1 Å². The molecule has 2 aromatic rings. The van der Waals surface area contributed by atoms with Crippen molar-refractivity contribution in [2.45, 2.75) is 43.3 Å². The van der Waals surface area contributed by atoms with Crippen LogP contribution in [0.4, 0.5) is 5.95 Å². The molecule has 1 N–H and O–H groups in total. The van der Waals surface area contributed by atoms with Crippen molar-refractivity contribution in [1.82, 2.24) is 20.1 Å². The number of nitrogens with one attached hydrogen (secondary N) is 1. The lowest BCUT2D eigenvalue weighted by Crippen LogP contribution is -2.47. The van der Waals surface area contributed by atoms with Crippen molar-refractivity contribution in [2.24, 2.45) is 5.92 Å².